The van der Waals surface area contributed by atoms with Gasteiger partial charge in [0, 0.05) is 31.4 Å². The van der Waals surface area contributed by atoms with E-state index in [0.717, 1.165) is 32.6 Å². The van der Waals surface area contributed by atoms with Crippen molar-refractivity contribution in [3.05, 3.63) is 29.8 Å². The van der Waals surface area contributed by atoms with E-state index < -0.39 is 0 Å². The molecule has 1 aromatic carbocycles. The molecule has 2 rings (SSSR count). The third-order valence-electron chi connectivity index (χ3n) is 4.05. The van der Waals surface area contributed by atoms with Crippen LogP contribution >= 0.6 is 0 Å². The highest BCUT2D eigenvalue weighted by atomic mass is 15.2. The number of benzene rings is 1. The van der Waals surface area contributed by atoms with Crippen LogP contribution in [0.5, 0.6) is 0 Å². The van der Waals surface area contributed by atoms with E-state index >= 15 is 0 Å². The molecule has 106 valence electrons. The zero-order valence-electron chi connectivity index (χ0n) is 12.5. The largest absolute Gasteiger partial charge is 0.370 e. The second kappa shape index (κ2) is 6.40. The van der Waals surface area contributed by atoms with Crippen molar-refractivity contribution < 1.29 is 0 Å². The first kappa shape index (κ1) is 14.4. The van der Waals surface area contributed by atoms with Gasteiger partial charge >= 0.3 is 0 Å². The Kier molecular flexibility index (Phi) is 4.83. The highest BCUT2D eigenvalue weighted by Gasteiger charge is 2.25. The Labute approximate surface area is 117 Å². The number of hydrogen-bond donors (Lipinski definition) is 1. The molecule has 3 nitrogen and oxygen atoms in total. The van der Waals surface area contributed by atoms with Crippen molar-refractivity contribution in [1.29, 1.82) is 0 Å². The smallest absolute Gasteiger partial charge is 0.0369 e. The lowest BCUT2D eigenvalue weighted by Gasteiger charge is -2.30. The predicted octanol–water partition coefficient (Wildman–Crippen LogP) is 2.10. The molecular weight excluding hydrogens is 234 g/mol. The van der Waals surface area contributed by atoms with Gasteiger partial charge in [-0.25, -0.2) is 0 Å². The number of nitrogens with zero attached hydrogens (tertiary/aromatic N) is 2. The second-order valence-corrected chi connectivity index (χ2v) is 6.02. The summed E-state index contributed by atoms with van der Waals surface area (Å²) in [5, 5.41) is 0. The lowest BCUT2D eigenvalue weighted by Crippen LogP contribution is -2.40. The van der Waals surface area contributed by atoms with Gasteiger partial charge in [0.05, 0.1) is 0 Å². The van der Waals surface area contributed by atoms with Crippen LogP contribution in [0.25, 0.3) is 0 Å². The summed E-state index contributed by atoms with van der Waals surface area (Å²) in [4.78, 5) is 5.01. The summed E-state index contributed by atoms with van der Waals surface area (Å²) in [6.45, 7) is 8.65. The summed E-state index contributed by atoms with van der Waals surface area (Å²) in [6, 6.07) is 9.40. The molecule has 1 aromatic rings. The Morgan fingerprint density at radius 3 is 2.74 bits per heavy atom. The lowest BCUT2D eigenvalue weighted by atomic mass is 10.1. The van der Waals surface area contributed by atoms with Gasteiger partial charge in [0.25, 0.3) is 0 Å². The molecule has 1 saturated heterocycles. The minimum absolute atomic E-state index is 0.565. The van der Waals surface area contributed by atoms with Crippen molar-refractivity contribution in [2.45, 2.75) is 26.3 Å². The molecular formula is C16H27N3. The fraction of sp³-hybridized carbons (Fsp3) is 0.625. The fourth-order valence-corrected chi connectivity index (χ4v) is 3.08. The highest BCUT2D eigenvalue weighted by Crippen LogP contribution is 2.22. The maximum absolute atomic E-state index is 5.77. The normalized spacial score (nSPS) is 25.4. The van der Waals surface area contributed by atoms with Crippen molar-refractivity contribution >= 4 is 5.69 Å². The molecule has 1 aliphatic rings. The van der Waals surface area contributed by atoms with Crippen LogP contribution in [0.3, 0.4) is 0 Å². The van der Waals surface area contributed by atoms with E-state index in [1.165, 1.54) is 11.3 Å². The van der Waals surface area contributed by atoms with E-state index in [9.17, 15) is 0 Å². The average Bonchev–Trinajstić information content (AvgIpc) is 2.49. The highest BCUT2D eigenvalue weighted by molar-refractivity contribution is 5.48. The van der Waals surface area contributed by atoms with Crippen LogP contribution in [0.2, 0.25) is 0 Å². The molecule has 19 heavy (non-hydrogen) atoms. The van der Waals surface area contributed by atoms with Crippen LogP contribution < -0.4 is 10.6 Å². The third kappa shape index (κ3) is 3.71. The van der Waals surface area contributed by atoms with Crippen molar-refractivity contribution in [3.8, 4) is 0 Å². The van der Waals surface area contributed by atoms with Crippen LogP contribution in [-0.4, -0.2) is 44.2 Å². The van der Waals surface area contributed by atoms with E-state index in [1.54, 1.807) is 0 Å². The van der Waals surface area contributed by atoms with Gasteiger partial charge in [-0.05, 0) is 50.6 Å². The molecule has 1 heterocycles. The maximum atomic E-state index is 5.77. The monoisotopic (exact) mass is 261 g/mol. The first-order valence-corrected chi connectivity index (χ1v) is 7.32. The molecule has 1 aliphatic heterocycles. The molecule has 2 N–H and O–H groups in total. The summed E-state index contributed by atoms with van der Waals surface area (Å²) >= 11 is 0. The molecule has 0 spiro atoms. The Balaban J connectivity index is 2.18. The zero-order valence-corrected chi connectivity index (χ0v) is 12.5. The molecule has 2 unspecified atom stereocenters. The van der Waals surface area contributed by atoms with Gasteiger partial charge in [-0.3, -0.25) is 0 Å². The molecule has 0 radical (unpaired) electrons. The summed E-state index contributed by atoms with van der Waals surface area (Å²) in [5.74, 6) is 0.688. The fourth-order valence-electron chi connectivity index (χ4n) is 3.08. The number of hydrogen-bond acceptors (Lipinski definition) is 3. The van der Waals surface area contributed by atoms with Gasteiger partial charge < -0.3 is 15.5 Å². The molecule has 0 amide bonds. The van der Waals surface area contributed by atoms with E-state index in [2.05, 4.69) is 55.0 Å². The summed E-state index contributed by atoms with van der Waals surface area (Å²) in [7, 11) is 2.23. The first-order chi connectivity index (χ1) is 9.10. The lowest BCUT2D eigenvalue weighted by molar-refractivity contribution is 0.231. The zero-order chi connectivity index (χ0) is 13.8. The van der Waals surface area contributed by atoms with Gasteiger partial charge in [-0.15, -0.1) is 0 Å². The number of nitrogens with two attached hydrogens (primary N) is 1. The van der Waals surface area contributed by atoms with Crippen molar-refractivity contribution in [1.82, 2.24) is 4.90 Å². The number of anilines is 1. The number of aryl methyl sites for hydroxylation is 1. The molecule has 0 saturated carbocycles. The Bertz CT molecular complexity index is 405. The maximum Gasteiger partial charge on any atom is 0.0369 e. The number of likely N-dealkylation sites (N-methyl/N-ethyl adjacent to an activating group) is 1. The van der Waals surface area contributed by atoms with Crippen molar-refractivity contribution in [2.75, 3.05) is 38.1 Å². The van der Waals surface area contributed by atoms with Crippen LogP contribution in [0.4, 0.5) is 5.69 Å². The van der Waals surface area contributed by atoms with E-state index in [4.69, 9.17) is 5.73 Å². The van der Waals surface area contributed by atoms with Gasteiger partial charge in [0.2, 0.25) is 0 Å². The van der Waals surface area contributed by atoms with Crippen molar-refractivity contribution in [2.24, 2.45) is 11.7 Å². The third-order valence-corrected chi connectivity index (χ3v) is 4.05. The van der Waals surface area contributed by atoms with E-state index in [-0.39, 0.29) is 0 Å². The summed E-state index contributed by atoms with van der Waals surface area (Å²) < 4.78 is 0. The minimum Gasteiger partial charge on any atom is -0.370 e. The standard InChI is InChI=1S/C16H27N3/c1-13-5-4-6-15(9-13)19-11-14(2)10-18(3)16(12-19)7-8-17/h4-6,9,14,16H,7-8,10-12,17H2,1-3H3. The topological polar surface area (TPSA) is 32.5 Å². The quantitative estimate of drug-likeness (QED) is 0.904. The average molecular weight is 261 g/mol. The van der Waals surface area contributed by atoms with Gasteiger partial charge in [-0.2, -0.15) is 0 Å². The molecule has 0 aliphatic carbocycles. The SMILES string of the molecule is Cc1cccc(N2CC(C)CN(C)C(CCN)C2)c1. The van der Waals surface area contributed by atoms with Crippen LogP contribution in [0, 0.1) is 12.8 Å². The Morgan fingerprint density at radius 2 is 2.05 bits per heavy atom. The van der Waals surface area contributed by atoms with Crippen LogP contribution in [-0.2, 0) is 0 Å². The van der Waals surface area contributed by atoms with Gasteiger partial charge in [0.15, 0.2) is 0 Å². The molecule has 1 fully saturated rings. The first-order valence-electron chi connectivity index (χ1n) is 7.32. The van der Waals surface area contributed by atoms with Gasteiger partial charge in [0.1, 0.15) is 0 Å². The second-order valence-electron chi connectivity index (χ2n) is 6.02. The Hall–Kier alpha value is -1.06. The molecule has 0 aromatic heterocycles. The Morgan fingerprint density at radius 1 is 1.26 bits per heavy atom. The van der Waals surface area contributed by atoms with E-state index in [0.29, 0.717) is 12.0 Å². The summed E-state index contributed by atoms with van der Waals surface area (Å²) in [6.07, 6.45) is 1.07. The van der Waals surface area contributed by atoms with Crippen LogP contribution in [0.1, 0.15) is 18.9 Å². The molecule has 2 atom stereocenters. The number of rotatable bonds is 3. The minimum atomic E-state index is 0.565. The molecule has 3 heteroatoms. The molecule has 0 bridgehead atoms. The predicted molar refractivity (Wildman–Crippen MR) is 82.6 cm³/mol. The van der Waals surface area contributed by atoms with Gasteiger partial charge in [-0.1, -0.05) is 19.1 Å². The van der Waals surface area contributed by atoms with Crippen LogP contribution in [0.15, 0.2) is 24.3 Å². The summed E-state index contributed by atoms with van der Waals surface area (Å²) in [5.41, 5.74) is 8.45. The van der Waals surface area contributed by atoms with Crippen molar-refractivity contribution in [3.63, 3.8) is 0 Å². The van der Waals surface area contributed by atoms with E-state index in [1.807, 2.05) is 0 Å².